The molecule has 2 aromatic rings. The summed E-state index contributed by atoms with van der Waals surface area (Å²) in [6.45, 7) is 1.85. The molecule has 4 nitrogen and oxygen atoms in total. The molecular formula is C15H16ClNO3S. The average Bonchev–Trinajstić information content (AvgIpc) is 2.45. The van der Waals surface area contributed by atoms with Crippen LogP contribution in [0.15, 0.2) is 48.5 Å². The molecule has 6 heteroatoms. The maximum atomic E-state index is 12.0. The van der Waals surface area contributed by atoms with Gasteiger partial charge in [0.2, 0.25) is 10.0 Å². The first-order valence-corrected chi connectivity index (χ1v) is 8.44. The number of rotatable bonds is 6. The molecule has 0 fully saturated rings. The Morgan fingerprint density at radius 2 is 1.81 bits per heavy atom. The molecule has 1 N–H and O–H groups in total. The van der Waals surface area contributed by atoms with E-state index in [2.05, 4.69) is 4.72 Å². The molecule has 0 unspecified atom stereocenters. The Labute approximate surface area is 129 Å². The minimum Gasteiger partial charge on any atom is -0.492 e. The van der Waals surface area contributed by atoms with E-state index >= 15 is 0 Å². The van der Waals surface area contributed by atoms with Gasteiger partial charge in [-0.1, -0.05) is 35.9 Å². The number of nitrogens with one attached hydrogen (secondary N) is 1. The highest BCUT2D eigenvalue weighted by molar-refractivity contribution is 7.92. The topological polar surface area (TPSA) is 55.4 Å². The second kappa shape index (κ2) is 6.83. The average molecular weight is 326 g/mol. The first-order valence-electron chi connectivity index (χ1n) is 6.41. The molecule has 0 saturated heterocycles. The molecule has 0 spiro atoms. The highest BCUT2D eigenvalue weighted by atomic mass is 35.5. The SMILES string of the molecule is Cc1c(Cl)cccc1NS(=O)(=O)CCOc1ccccc1. The standard InChI is InChI=1S/C15H16ClNO3S/c1-12-14(16)8-5-9-15(12)17-21(18,19)11-10-20-13-6-3-2-4-7-13/h2-9,17H,10-11H2,1H3. The lowest BCUT2D eigenvalue weighted by Gasteiger charge is -2.12. The number of sulfonamides is 1. The van der Waals surface area contributed by atoms with Crippen molar-refractivity contribution in [1.82, 2.24) is 0 Å². The summed E-state index contributed by atoms with van der Waals surface area (Å²) in [5.74, 6) is 0.514. The van der Waals surface area contributed by atoms with E-state index in [1.165, 1.54) is 0 Å². The predicted molar refractivity (Wildman–Crippen MR) is 85.5 cm³/mol. The van der Waals surface area contributed by atoms with Gasteiger partial charge in [-0.05, 0) is 36.8 Å². The van der Waals surface area contributed by atoms with Crippen LogP contribution in [0.25, 0.3) is 0 Å². The third kappa shape index (κ3) is 4.65. The van der Waals surface area contributed by atoms with Crippen molar-refractivity contribution in [2.24, 2.45) is 0 Å². The molecule has 2 rings (SSSR count). The van der Waals surface area contributed by atoms with Gasteiger partial charge >= 0.3 is 0 Å². The molecule has 0 amide bonds. The quantitative estimate of drug-likeness (QED) is 0.884. The summed E-state index contributed by atoms with van der Waals surface area (Å²) in [6, 6.07) is 14.2. The van der Waals surface area contributed by atoms with Crippen molar-refractivity contribution in [2.75, 3.05) is 17.1 Å². The predicted octanol–water partition coefficient (Wildman–Crippen LogP) is 3.47. The van der Waals surface area contributed by atoms with E-state index in [9.17, 15) is 8.42 Å². The second-order valence-corrected chi connectivity index (χ2v) is 6.74. The van der Waals surface area contributed by atoms with Crippen LogP contribution in [0.5, 0.6) is 5.75 Å². The fraction of sp³-hybridized carbons (Fsp3) is 0.200. The Balaban J connectivity index is 1.95. The Hall–Kier alpha value is -1.72. The first kappa shape index (κ1) is 15.7. The van der Waals surface area contributed by atoms with Crippen molar-refractivity contribution in [3.8, 4) is 5.75 Å². The van der Waals surface area contributed by atoms with Crippen molar-refractivity contribution < 1.29 is 13.2 Å². The number of anilines is 1. The van der Waals surface area contributed by atoms with Crippen molar-refractivity contribution in [3.05, 3.63) is 59.1 Å². The smallest absolute Gasteiger partial charge is 0.236 e. The van der Waals surface area contributed by atoms with E-state index in [0.717, 1.165) is 0 Å². The van der Waals surface area contributed by atoms with E-state index in [4.69, 9.17) is 16.3 Å². The summed E-state index contributed by atoms with van der Waals surface area (Å²) in [7, 11) is -3.48. The molecule has 2 aromatic carbocycles. The van der Waals surface area contributed by atoms with E-state index in [1.807, 2.05) is 18.2 Å². The molecule has 0 aliphatic heterocycles. The molecule has 0 atom stereocenters. The molecule has 0 aliphatic carbocycles. The summed E-state index contributed by atoms with van der Waals surface area (Å²) >= 11 is 5.97. The van der Waals surface area contributed by atoms with Gasteiger partial charge in [0.1, 0.15) is 18.1 Å². The second-order valence-electron chi connectivity index (χ2n) is 4.49. The first-order chi connectivity index (χ1) is 9.98. The Morgan fingerprint density at radius 1 is 1.10 bits per heavy atom. The molecule has 0 radical (unpaired) electrons. The van der Waals surface area contributed by atoms with Gasteiger partial charge in [0.15, 0.2) is 0 Å². The number of para-hydroxylation sites is 1. The van der Waals surface area contributed by atoms with Crippen LogP contribution in [-0.2, 0) is 10.0 Å². The van der Waals surface area contributed by atoms with Crippen LogP contribution in [0.2, 0.25) is 5.02 Å². The highest BCUT2D eigenvalue weighted by Crippen LogP contribution is 2.23. The van der Waals surface area contributed by atoms with Gasteiger partial charge in [-0.25, -0.2) is 8.42 Å². The number of benzene rings is 2. The Kier molecular flexibility index (Phi) is 5.09. The largest absolute Gasteiger partial charge is 0.492 e. The monoisotopic (exact) mass is 325 g/mol. The van der Waals surface area contributed by atoms with Gasteiger partial charge in [0.25, 0.3) is 0 Å². The maximum absolute atomic E-state index is 12.0. The normalized spacial score (nSPS) is 11.1. The van der Waals surface area contributed by atoms with Crippen LogP contribution in [-0.4, -0.2) is 20.8 Å². The van der Waals surface area contributed by atoms with Crippen LogP contribution in [0, 0.1) is 6.92 Å². The van der Waals surface area contributed by atoms with Gasteiger partial charge < -0.3 is 4.74 Å². The molecule has 21 heavy (non-hydrogen) atoms. The van der Waals surface area contributed by atoms with E-state index < -0.39 is 10.0 Å². The van der Waals surface area contributed by atoms with E-state index in [-0.39, 0.29) is 12.4 Å². The van der Waals surface area contributed by atoms with Gasteiger partial charge in [0, 0.05) is 5.02 Å². The van der Waals surface area contributed by atoms with Crippen molar-refractivity contribution >= 4 is 27.3 Å². The molecule has 0 saturated carbocycles. The summed E-state index contributed by atoms with van der Waals surface area (Å²) in [6.07, 6.45) is 0. The summed E-state index contributed by atoms with van der Waals surface area (Å²) in [5.41, 5.74) is 1.19. The highest BCUT2D eigenvalue weighted by Gasteiger charge is 2.13. The lowest BCUT2D eigenvalue weighted by molar-refractivity contribution is 0.341. The van der Waals surface area contributed by atoms with Gasteiger partial charge in [0.05, 0.1) is 5.69 Å². The van der Waals surface area contributed by atoms with Gasteiger partial charge in [-0.3, -0.25) is 4.72 Å². The number of halogens is 1. The molecule has 0 aliphatic rings. The van der Waals surface area contributed by atoms with Crippen molar-refractivity contribution in [2.45, 2.75) is 6.92 Å². The zero-order chi connectivity index (χ0) is 15.3. The van der Waals surface area contributed by atoms with E-state index in [0.29, 0.717) is 22.0 Å². The zero-order valence-electron chi connectivity index (χ0n) is 11.5. The number of ether oxygens (including phenoxy) is 1. The van der Waals surface area contributed by atoms with Crippen LogP contribution >= 0.6 is 11.6 Å². The fourth-order valence-electron chi connectivity index (χ4n) is 1.72. The fourth-order valence-corrected chi connectivity index (χ4v) is 2.86. The van der Waals surface area contributed by atoms with Gasteiger partial charge in [-0.2, -0.15) is 0 Å². The lowest BCUT2D eigenvalue weighted by atomic mass is 10.2. The minimum absolute atomic E-state index is 0.0823. The van der Waals surface area contributed by atoms with Crippen LogP contribution in [0.1, 0.15) is 5.56 Å². The Bertz CT molecular complexity index is 702. The summed E-state index contributed by atoms with van der Waals surface area (Å²) < 4.78 is 31.9. The molecule has 112 valence electrons. The van der Waals surface area contributed by atoms with Gasteiger partial charge in [-0.15, -0.1) is 0 Å². The number of hydrogen-bond acceptors (Lipinski definition) is 3. The van der Waals surface area contributed by atoms with Crippen LogP contribution < -0.4 is 9.46 Å². The molecule has 0 aromatic heterocycles. The lowest BCUT2D eigenvalue weighted by Crippen LogP contribution is -2.21. The Morgan fingerprint density at radius 3 is 2.52 bits per heavy atom. The third-order valence-electron chi connectivity index (χ3n) is 2.90. The number of hydrogen-bond donors (Lipinski definition) is 1. The van der Waals surface area contributed by atoms with Crippen molar-refractivity contribution in [1.29, 1.82) is 0 Å². The molecule has 0 heterocycles. The third-order valence-corrected chi connectivity index (χ3v) is 4.54. The van der Waals surface area contributed by atoms with Crippen molar-refractivity contribution in [3.63, 3.8) is 0 Å². The maximum Gasteiger partial charge on any atom is 0.236 e. The summed E-state index contributed by atoms with van der Waals surface area (Å²) in [4.78, 5) is 0. The minimum atomic E-state index is -3.48. The van der Waals surface area contributed by atoms with E-state index in [1.54, 1.807) is 37.3 Å². The van der Waals surface area contributed by atoms with Crippen LogP contribution in [0.3, 0.4) is 0 Å². The molecule has 0 bridgehead atoms. The zero-order valence-corrected chi connectivity index (χ0v) is 13.1. The van der Waals surface area contributed by atoms with Crippen LogP contribution in [0.4, 0.5) is 5.69 Å². The molecular weight excluding hydrogens is 310 g/mol. The summed E-state index contributed by atoms with van der Waals surface area (Å²) in [5, 5.41) is 0.524.